The SMILES string of the molecule is CC(C)[C@@H](C(=O)Oc1ccc2c(=O)oc3c4ccccc4ccc3c2c1)N1C(=O)c2ccccc2C1=O. The zero-order chi connectivity index (χ0) is 25.8. The molecule has 0 spiro atoms. The Labute approximate surface area is 210 Å². The lowest BCUT2D eigenvalue weighted by Gasteiger charge is -2.27. The van der Waals surface area contributed by atoms with E-state index in [4.69, 9.17) is 9.15 Å². The second-order valence-electron chi connectivity index (χ2n) is 9.40. The third kappa shape index (κ3) is 3.50. The Morgan fingerprint density at radius 3 is 2.11 bits per heavy atom. The van der Waals surface area contributed by atoms with Crippen molar-refractivity contribution in [3.05, 3.63) is 100 Å². The average Bonchev–Trinajstić information content (AvgIpc) is 3.14. The van der Waals surface area contributed by atoms with Crippen molar-refractivity contribution in [3.63, 3.8) is 0 Å². The van der Waals surface area contributed by atoms with Crippen LogP contribution >= 0.6 is 0 Å². The molecule has 1 aliphatic rings. The van der Waals surface area contributed by atoms with Crippen LogP contribution in [0.1, 0.15) is 34.6 Å². The van der Waals surface area contributed by atoms with Crippen LogP contribution in [0.25, 0.3) is 32.5 Å². The molecule has 2 heterocycles. The van der Waals surface area contributed by atoms with Crippen molar-refractivity contribution in [1.29, 1.82) is 0 Å². The fourth-order valence-electron chi connectivity index (χ4n) is 5.01. The molecule has 6 rings (SSSR count). The summed E-state index contributed by atoms with van der Waals surface area (Å²) in [5.41, 5.74) is 0.483. The minimum atomic E-state index is -1.12. The maximum atomic E-state index is 13.4. The molecule has 0 fully saturated rings. The summed E-state index contributed by atoms with van der Waals surface area (Å²) in [6.07, 6.45) is 0. The second-order valence-corrected chi connectivity index (χ2v) is 9.40. The van der Waals surface area contributed by atoms with Gasteiger partial charge in [-0.2, -0.15) is 0 Å². The molecule has 7 nitrogen and oxygen atoms in total. The van der Waals surface area contributed by atoms with E-state index in [0.29, 0.717) is 21.7 Å². The molecule has 0 N–H and O–H groups in total. The minimum absolute atomic E-state index is 0.194. The van der Waals surface area contributed by atoms with Crippen LogP contribution in [0.5, 0.6) is 5.75 Å². The summed E-state index contributed by atoms with van der Waals surface area (Å²) in [7, 11) is 0. The molecule has 0 unspecified atom stereocenters. The number of imide groups is 1. The number of carbonyl (C=O) groups is 3. The quantitative estimate of drug-likeness (QED) is 0.111. The average molecular weight is 491 g/mol. The van der Waals surface area contributed by atoms with Gasteiger partial charge in [0.1, 0.15) is 17.4 Å². The van der Waals surface area contributed by atoms with Gasteiger partial charge in [-0.05, 0) is 47.7 Å². The second kappa shape index (κ2) is 8.41. The summed E-state index contributed by atoms with van der Waals surface area (Å²) < 4.78 is 11.4. The summed E-state index contributed by atoms with van der Waals surface area (Å²) >= 11 is 0. The van der Waals surface area contributed by atoms with E-state index in [0.717, 1.165) is 15.7 Å². The van der Waals surface area contributed by atoms with Gasteiger partial charge in [-0.15, -0.1) is 0 Å². The van der Waals surface area contributed by atoms with Crippen LogP contribution in [0.4, 0.5) is 0 Å². The van der Waals surface area contributed by atoms with Crippen molar-refractivity contribution in [3.8, 4) is 5.75 Å². The predicted molar refractivity (Wildman–Crippen MR) is 139 cm³/mol. The maximum absolute atomic E-state index is 13.4. The van der Waals surface area contributed by atoms with Crippen molar-refractivity contribution in [2.75, 3.05) is 0 Å². The summed E-state index contributed by atoms with van der Waals surface area (Å²) in [6.45, 7) is 3.50. The summed E-state index contributed by atoms with van der Waals surface area (Å²) in [4.78, 5) is 53.2. The molecule has 1 atom stereocenters. The van der Waals surface area contributed by atoms with E-state index in [1.807, 2.05) is 36.4 Å². The highest BCUT2D eigenvalue weighted by molar-refractivity contribution is 6.22. The zero-order valence-electron chi connectivity index (χ0n) is 20.1. The molecule has 7 heteroatoms. The molecule has 0 aliphatic carbocycles. The number of carbonyl (C=O) groups excluding carboxylic acids is 3. The molecule has 1 aliphatic heterocycles. The molecule has 2 amide bonds. The van der Waals surface area contributed by atoms with E-state index in [9.17, 15) is 19.2 Å². The zero-order valence-corrected chi connectivity index (χ0v) is 20.1. The largest absolute Gasteiger partial charge is 0.425 e. The first-order chi connectivity index (χ1) is 17.8. The van der Waals surface area contributed by atoms with E-state index in [2.05, 4.69) is 0 Å². The summed E-state index contributed by atoms with van der Waals surface area (Å²) in [5.74, 6) is -1.98. The molecule has 37 heavy (non-hydrogen) atoms. The van der Waals surface area contributed by atoms with Crippen molar-refractivity contribution in [2.24, 2.45) is 5.92 Å². The molecule has 0 bridgehead atoms. The third-order valence-corrected chi connectivity index (χ3v) is 6.77. The van der Waals surface area contributed by atoms with Gasteiger partial charge >= 0.3 is 11.6 Å². The highest BCUT2D eigenvalue weighted by atomic mass is 16.5. The summed E-state index contributed by atoms with van der Waals surface area (Å²) in [6, 6.07) is 21.4. The standard InChI is InChI=1S/C30H21NO6/c1-16(2)25(31-27(32)21-9-5-6-10-22(21)28(31)33)30(35)36-18-12-14-23-24(15-18)20-13-11-17-7-3-4-8-19(17)26(20)37-29(23)34/h3-16,25H,1-2H3/t25-/m0/s1. The smallest absolute Gasteiger partial charge is 0.344 e. The number of esters is 1. The predicted octanol–water partition coefficient (Wildman–Crippen LogP) is 5.33. The van der Waals surface area contributed by atoms with Crippen molar-refractivity contribution < 1.29 is 23.5 Å². The fourth-order valence-corrected chi connectivity index (χ4v) is 5.01. The van der Waals surface area contributed by atoms with Crippen LogP contribution in [0.15, 0.2) is 88.1 Å². The first-order valence-electron chi connectivity index (χ1n) is 11.9. The Morgan fingerprint density at radius 2 is 1.41 bits per heavy atom. The Morgan fingerprint density at radius 1 is 0.757 bits per heavy atom. The molecule has 0 saturated carbocycles. The fraction of sp³-hybridized carbons (Fsp3) is 0.133. The monoisotopic (exact) mass is 491 g/mol. The van der Waals surface area contributed by atoms with Crippen LogP contribution in [0, 0.1) is 5.92 Å². The molecular weight excluding hydrogens is 470 g/mol. The maximum Gasteiger partial charge on any atom is 0.344 e. The topological polar surface area (TPSA) is 93.9 Å². The number of amides is 2. The van der Waals surface area contributed by atoms with Crippen LogP contribution in [-0.2, 0) is 4.79 Å². The van der Waals surface area contributed by atoms with Crippen LogP contribution in [-0.4, -0.2) is 28.7 Å². The lowest BCUT2D eigenvalue weighted by atomic mass is 10.0. The Bertz CT molecular complexity index is 1800. The van der Waals surface area contributed by atoms with Gasteiger partial charge < -0.3 is 9.15 Å². The van der Waals surface area contributed by atoms with Crippen LogP contribution < -0.4 is 10.4 Å². The molecule has 5 aromatic rings. The highest BCUT2D eigenvalue weighted by Crippen LogP contribution is 2.32. The van der Waals surface area contributed by atoms with E-state index in [-0.39, 0.29) is 16.9 Å². The van der Waals surface area contributed by atoms with Crippen LogP contribution in [0.3, 0.4) is 0 Å². The number of benzene rings is 4. The van der Waals surface area contributed by atoms with Gasteiger partial charge in [-0.3, -0.25) is 14.5 Å². The highest BCUT2D eigenvalue weighted by Gasteiger charge is 2.44. The minimum Gasteiger partial charge on any atom is -0.425 e. The number of nitrogens with zero attached hydrogens (tertiary/aromatic N) is 1. The van der Waals surface area contributed by atoms with Gasteiger partial charge in [0.05, 0.1) is 16.5 Å². The normalized spacial score (nSPS) is 14.1. The van der Waals surface area contributed by atoms with Crippen molar-refractivity contribution in [1.82, 2.24) is 4.90 Å². The van der Waals surface area contributed by atoms with E-state index < -0.39 is 35.4 Å². The number of ether oxygens (including phenoxy) is 1. The van der Waals surface area contributed by atoms with Crippen LogP contribution in [0.2, 0.25) is 0 Å². The van der Waals surface area contributed by atoms with E-state index in [1.54, 1.807) is 50.2 Å². The lowest BCUT2D eigenvalue weighted by molar-refractivity contribution is -0.140. The molecular formula is C30H21NO6. The van der Waals surface area contributed by atoms with Gasteiger partial charge in [-0.25, -0.2) is 9.59 Å². The van der Waals surface area contributed by atoms with Gasteiger partial charge in [0, 0.05) is 16.2 Å². The molecule has 0 radical (unpaired) electrons. The number of rotatable bonds is 4. The Hall–Kier alpha value is -4.78. The van der Waals surface area contributed by atoms with Crippen molar-refractivity contribution in [2.45, 2.75) is 19.9 Å². The van der Waals surface area contributed by atoms with Gasteiger partial charge in [0.15, 0.2) is 0 Å². The Balaban J connectivity index is 1.40. The first-order valence-corrected chi connectivity index (χ1v) is 11.9. The Kier molecular flexibility index (Phi) is 5.15. The molecule has 182 valence electrons. The summed E-state index contributed by atoms with van der Waals surface area (Å²) in [5, 5.41) is 3.35. The van der Waals surface area contributed by atoms with Gasteiger partial charge in [-0.1, -0.05) is 56.3 Å². The molecule has 4 aromatic carbocycles. The van der Waals surface area contributed by atoms with Gasteiger partial charge in [0.2, 0.25) is 0 Å². The molecule has 1 aromatic heterocycles. The number of hydrogen-bond donors (Lipinski definition) is 0. The van der Waals surface area contributed by atoms with E-state index in [1.165, 1.54) is 6.07 Å². The van der Waals surface area contributed by atoms with E-state index >= 15 is 0 Å². The first kappa shape index (κ1) is 22.7. The van der Waals surface area contributed by atoms with Crippen molar-refractivity contribution >= 4 is 50.3 Å². The number of fused-ring (bicyclic) bond motifs is 6. The van der Waals surface area contributed by atoms with Gasteiger partial charge in [0.25, 0.3) is 11.8 Å². The molecule has 0 saturated heterocycles. The third-order valence-electron chi connectivity index (χ3n) is 6.77. The lowest BCUT2D eigenvalue weighted by Crippen LogP contribution is -2.49. The number of hydrogen-bond acceptors (Lipinski definition) is 6.